The van der Waals surface area contributed by atoms with Crippen molar-refractivity contribution in [2.24, 2.45) is 0 Å². The lowest BCUT2D eigenvalue weighted by molar-refractivity contribution is -0.118. The maximum absolute atomic E-state index is 10.6. The van der Waals surface area contributed by atoms with E-state index in [1.165, 1.54) is 6.92 Å². The second kappa shape index (κ2) is 6.14. The topological polar surface area (TPSA) is 54.0 Å². The zero-order valence-corrected chi connectivity index (χ0v) is 9.21. The molecule has 0 aromatic carbocycles. The third-order valence-electron chi connectivity index (χ3n) is 1.98. The Labute approximate surface area is 90.1 Å². The summed E-state index contributed by atoms with van der Waals surface area (Å²) in [6, 6.07) is 4.04. The second-order valence-electron chi connectivity index (χ2n) is 3.47. The van der Waals surface area contributed by atoms with Gasteiger partial charge in [0.05, 0.1) is 0 Å². The number of aryl methyl sites for hydroxylation is 1. The smallest absolute Gasteiger partial charge is 0.216 e. The molecule has 0 saturated heterocycles. The number of amides is 1. The summed E-state index contributed by atoms with van der Waals surface area (Å²) < 4.78 is 0. The lowest BCUT2D eigenvalue weighted by Gasteiger charge is -2.05. The summed E-state index contributed by atoms with van der Waals surface area (Å²) in [4.78, 5) is 14.8. The molecule has 0 bridgehead atoms. The van der Waals surface area contributed by atoms with Gasteiger partial charge in [-0.3, -0.25) is 9.78 Å². The van der Waals surface area contributed by atoms with Gasteiger partial charge in [-0.25, -0.2) is 0 Å². The third kappa shape index (κ3) is 5.12. The highest BCUT2D eigenvalue weighted by molar-refractivity contribution is 5.72. The Hall–Kier alpha value is -1.42. The minimum Gasteiger partial charge on any atom is -0.355 e. The van der Waals surface area contributed by atoms with Crippen LogP contribution in [0.5, 0.6) is 0 Å². The Kier molecular flexibility index (Phi) is 4.77. The quantitative estimate of drug-likeness (QED) is 0.696. The Balaban J connectivity index is 2.15. The van der Waals surface area contributed by atoms with Crippen molar-refractivity contribution < 1.29 is 4.79 Å². The van der Waals surface area contributed by atoms with E-state index >= 15 is 0 Å². The van der Waals surface area contributed by atoms with Gasteiger partial charge in [0.2, 0.25) is 5.91 Å². The number of rotatable bonds is 5. The summed E-state index contributed by atoms with van der Waals surface area (Å²) in [6.07, 6.45) is 1.86. The van der Waals surface area contributed by atoms with Crippen LogP contribution in [0.4, 0.5) is 0 Å². The minimum atomic E-state index is 0.00815. The average molecular weight is 207 g/mol. The molecule has 2 N–H and O–H groups in total. The van der Waals surface area contributed by atoms with Gasteiger partial charge >= 0.3 is 0 Å². The van der Waals surface area contributed by atoms with Crippen LogP contribution in [0.15, 0.2) is 18.3 Å². The zero-order valence-electron chi connectivity index (χ0n) is 9.21. The van der Waals surface area contributed by atoms with Crippen LogP contribution < -0.4 is 10.6 Å². The van der Waals surface area contributed by atoms with Gasteiger partial charge in [-0.2, -0.15) is 0 Å². The van der Waals surface area contributed by atoms with Crippen LogP contribution in [0.2, 0.25) is 0 Å². The van der Waals surface area contributed by atoms with Gasteiger partial charge in [-0.1, -0.05) is 6.07 Å². The summed E-state index contributed by atoms with van der Waals surface area (Å²) in [6.45, 7) is 5.70. The van der Waals surface area contributed by atoms with Crippen molar-refractivity contribution in [2.45, 2.75) is 20.4 Å². The number of nitrogens with zero attached hydrogens (tertiary/aromatic N) is 1. The fourth-order valence-electron chi connectivity index (χ4n) is 1.16. The lowest BCUT2D eigenvalue weighted by Crippen LogP contribution is -2.29. The average Bonchev–Trinajstić information content (AvgIpc) is 2.20. The van der Waals surface area contributed by atoms with Gasteiger partial charge in [0.25, 0.3) is 0 Å². The second-order valence-corrected chi connectivity index (χ2v) is 3.47. The molecule has 4 nitrogen and oxygen atoms in total. The van der Waals surface area contributed by atoms with Gasteiger partial charge in [0.1, 0.15) is 0 Å². The molecule has 82 valence electrons. The fraction of sp³-hybridized carbons (Fsp3) is 0.455. The van der Waals surface area contributed by atoms with Crippen molar-refractivity contribution in [3.63, 3.8) is 0 Å². The molecule has 15 heavy (non-hydrogen) atoms. The molecule has 0 fully saturated rings. The van der Waals surface area contributed by atoms with Crippen LogP contribution in [0.1, 0.15) is 18.2 Å². The summed E-state index contributed by atoms with van der Waals surface area (Å²) in [5.41, 5.74) is 2.18. The highest BCUT2D eigenvalue weighted by Crippen LogP contribution is 1.97. The molecule has 0 aliphatic carbocycles. The van der Waals surface area contributed by atoms with Gasteiger partial charge in [0.15, 0.2) is 0 Å². The Morgan fingerprint density at radius 3 is 2.80 bits per heavy atom. The summed E-state index contributed by atoms with van der Waals surface area (Å²) in [5.74, 6) is 0.00815. The highest BCUT2D eigenvalue weighted by Gasteiger charge is 1.93. The van der Waals surface area contributed by atoms with E-state index in [0.29, 0.717) is 6.54 Å². The minimum absolute atomic E-state index is 0.00815. The molecule has 0 atom stereocenters. The Morgan fingerprint density at radius 2 is 2.20 bits per heavy atom. The largest absolute Gasteiger partial charge is 0.355 e. The first-order chi connectivity index (χ1) is 7.18. The number of nitrogens with one attached hydrogen (secondary N) is 2. The molecule has 0 aliphatic heterocycles. The van der Waals surface area contributed by atoms with E-state index < -0.39 is 0 Å². The number of hydrogen-bond acceptors (Lipinski definition) is 3. The lowest BCUT2D eigenvalue weighted by atomic mass is 10.2. The van der Waals surface area contributed by atoms with Crippen molar-refractivity contribution in [1.29, 1.82) is 0 Å². The van der Waals surface area contributed by atoms with Gasteiger partial charge in [-0.15, -0.1) is 0 Å². The van der Waals surface area contributed by atoms with Crippen LogP contribution in [0.25, 0.3) is 0 Å². The van der Waals surface area contributed by atoms with Crippen LogP contribution in [0, 0.1) is 6.92 Å². The fourth-order valence-corrected chi connectivity index (χ4v) is 1.16. The maximum Gasteiger partial charge on any atom is 0.216 e. The third-order valence-corrected chi connectivity index (χ3v) is 1.98. The Morgan fingerprint density at radius 1 is 1.40 bits per heavy atom. The molecule has 1 rings (SSSR count). The van der Waals surface area contributed by atoms with Crippen LogP contribution in [0.3, 0.4) is 0 Å². The van der Waals surface area contributed by atoms with Gasteiger partial charge in [0, 0.05) is 38.4 Å². The standard InChI is InChI=1S/C11H17N3O/c1-9-3-4-11(8-14-9)7-12-5-6-13-10(2)15/h3-4,8,12H,5-7H2,1-2H3,(H,13,15). The molecule has 0 saturated carbocycles. The molecule has 0 spiro atoms. The molecule has 0 aliphatic rings. The molecule has 1 amide bonds. The maximum atomic E-state index is 10.6. The number of pyridine rings is 1. The van der Waals surface area contributed by atoms with Crippen molar-refractivity contribution in [2.75, 3.05) is 13.1 Å². The molecule has 4 heteroatoms. The van der Waals surface area contributed by atoms with Crippen molar-refractivity contribution in [1.82, 2.24) is 15.6 Å². The molecule has 0 unspecified atom stereocenters. The number of aromatic nitrogens is 1. The number of carbonyl (C=O) groups is 1. The predicted octanol–water partition coefficient (Wildman–Crippen LogP) is 0.616. The van der Waals surface area contributed by atoms with Crippen LogP contribution in [-0.2, 0) is 11.3 Å². The first kappa shape index (κ1) is 11.7. The van der Waals surface area contributed by atoms with Crippen molar-refractivity contribution in [3.05, 3.63) is 29.6 Å². The summed E-state index contributed by atoms with van der Waals surface area (Å²) in [5, 5.41) is 5.95. The predicted molar refractivity (Wildman–Crippen MR) is 59.4 cm³/mol. The van der Waals surface area contributed by atoms with Crippen LogP contribution >= 0.6 is 0 Å². The van der Waals surface area contributed by atoms with E-state index in [-0.39, 0.29) is 5.91 Å². The molecule has 1 aromatic heterocycles. The van der Waals surface area contributed by atoms with E-state index in [2.05, 4.69) is 15.6 Å². The molecule has 1 heterocycles. The monoisotopic (exact) mass is 207 g/mol. The van der Waals surface area contributed by atoms with Gasteiger partial charge in [-0.05, 0) is 18.6 Å². The highest BCUT2D eigenvalue weighted by atomic mass is 16.1. The molecule has 0 radical (unpaired) electrons. The summed E-state index contributed by atoms with van der Waals surface area (Å²) in [7, 11) is 0. The van der Waals surface area contributed by atoms with E-state index in [4.69, 9.17) is 0 Å². The first-order valence-electron chi connectivity index (χ1n) is 5.05. The Bertz CT molecular complexity index is 308. The summed E-state index contributed by atoms with van der Waals surface area (Å²) >= 11 is 0. The number of carbonyl (C=O) groups excluding carboxylic acids is 1. The van der Waals surface area contributed by atoms with E-state index in [1.54, 1.807) is 0 Å². The number of hydrogen-bond donors (Lipinski definition) is 2. The van der Waals surface area contributed by atoms with Crippen molar-refractivity contribution in [3.8, 4) is 0 Å². The SMILES string of the molecule is CC(=O)NCCNCc1ccc(C)nc1. The molecular formula is C11H17N3O. The van der Waals surface area contributed by atoms with Crippen molar-refractivity contribution >= 4 is 5.91 Å². The first-order valence-corrected chi connectivity index (χ1v) is 5.05. The van der Waals surface area contributed by atoms with E-state index in [1.807, 2.05) is 25.3 Å². The molecule has 1 aromatic rings. The van der Waals surface area contributed by atoms with Crippen LogP contribution in [-0.4, -0.2) is 24.0 Å². The molecular weight excluding hydrogens is 190 g/mol. The van der Waals surface area contributed by atoms with E-state index in [9.17, 15) is 4.79 Å². The zero-order chi connectivity index (χ0) is 11.1. The van der Waals surface area contributed by atoms with E-state index in [0.717, 1.165) is 24.3 Å². The van der Waals surface area contributed by atoms with Gasteiger partial charge < -0.3 is 10.6 Å². The normalized spacial score (nSPS) is 10.0.